The number of carbonyl (C=O) groups excluding carboxylic acids is 1. The first-order valence-electron chi connectivity index (χ1n) is 10.3. The SMILES string of the molecule is Cc1ccc2c(N3CCN(C(=O)[C@H](O)CC(=O)O)CC3)nc(-c3ccccc3O)nc2c1.[HH].[HH].[HH]. The number of benzene rings is 2. The van der Waals surface area contributed by atoms with Crippen LogP contribution in [0.4, 0.5) is 5.82 Å². The molecule has 1 amide bonds. The largest absolute Gasteiger partial charge is 0.507 e. The Balaban J connectivity index is 0.00000204. The van der Waals surface area contributed by atoms with Gasteiger partial charge in [-0.2, -0.15) is 0 Å². The van der Waals surface area contributed by atoms with Crippen molar-refractivity contribution in [2.75, 3.05) is 31.1 Å². The molecule has 1 atom stereocenters. The first-order chi connectivity index (χ1) is 15.3. The Morgan fingerprint density at radius 1 is 1.09 bits per heavy atom. The summed E-state index contributed by atoms with van der Waals surface area (Å²) in [7, 11) is 0. The van der Waals surface area contributed by atoms with Crippen LogP contribution in [0, 0.1) is 6.92 Å². The molecular formula is C23H30N4O5. The number of rotatable bonds is 5. The third kappa shape index (κ3) is 4.33. The molecular weight excluding hydrogens is 412 g/mol. The van der Waals surface area contributed by atoms with Gasteiger partial charge in [0.05, 0.1) is 17.5 Å². The lowest BCUT2D eigenvalue weighted by molar-refractivity contribution is -0.148. The third-order valence-electron chi connectivity index (χ3n) is 5.52. The van der Waals surface area contributed by atoms with Gasteiger partial charge < -0.3 is 25.1 Å². The number of aliphatic hydroxyl groups excluding tert-OH is 1. The first kappa shape index (κ1) is 21.5. The summed E-state index contributed by atoms with van der Waals surface area (Å²) >= 11 is 0. The Labute approximate surface area is 189 Å². The number of carbonyl (C=O) groups is 2. The Kier molecular flexibility index (Phi) is 5.91. The average Bonchev–Trinajstić information content (AvgIpc) is 2.77. The summed E-state index contributed by atoms with van der Waals surface area (Å²) in [6, 6.07) is 12.8. The molecule has 2 aromatic carbocycles. The van der Waals surface area contributed by atoms with Crippen LogP contribution in [0.15, 0.2) is 42.5 Å². The number of piperazine rings is 1. The van der Waals surface area contributed by atoms with Gasteiger partial charge in [0.15, 0.2) is 5.82 Å². The summed E-state index contributed by atoms with van der Waals surface area (Å²) in [6.45, 7) is 3.57. The maximum absolute atomic E-state index is 12.3. The van der Waals surface area contributed by atoms with E-state index in [9.17, 15) is 19.8 Å². The average molecular weight is 443 g/mol. The van der Waals surface area contributed by atoms with Crippen molar-refractivity contribution in [1.82, 2.24) is 14.9 Å². The Hall–Kier alpha value is -3.72. The number of aryl methyl sites for hydroxylation is 1. The lowest BCUT2D eigenvalue weighted by Gasteiger charge is -2.36. The van der Waals surface area contributed by atoms with Gasteiger partial charge in [-0.15, -0.1) is 0 Å². The molecule has 0 radical (unpaired) electrons. The molecule has 32 heavy (non-hydrogen) atoms. The number of nitrogens with zero attached hydrogens (tertiary/aromatic N) is 4. The topological polar surface area (TPSA) is 127 Å². The zero-order chi connectivity index (χ0) is 22.8. The number of phenolic OH excluding ortho intramolecular Hbond substituents is 1. The molecule has 0 spiro atoms. The summed E-state index contributed by atoms with van der Waals surface area (Å²) in [5.74, 6) is -0.597. The maximum Gasteiger partial charge on any atom is 0.306 e. The van der Waals surface area contributed by atoms with E-state index in [-0.39, 0.29) is 10.0 Å². The van der Waals surface area contributed by atoms with Crippen molar-refractivity contribution in [2.24, 2.45) is 0 Å². The molecule has 0 bridgehead atoms. The molecule has 1 fully saturated rings. The molecule has 1 aliphatic rings. The molecule has 0 unspecified atom stereocenters. The van der Waals surface area contributed by atoms with Gasteiger partial charge in [0.2, 0.25) is 0 Å². The van der Waals surface area contributed by atoms with E-state index in [4.69, 9.17) is 10.1 Å². The van der Waals surface area contributed by atoms with Crippen LogP contribution in [-0.4, -0.2) is 74.3 Å². The highest BCUT2D eigenvalue weighted by molar-refractivity contribution is 5.92. The number of amides is 1. The Bertz CT molecular complexity index is 1190. The van der Waals surface area contributed by atoms with E-state index in [2.05, 4.69) is 4.98 Å². The molecule has 1 aliphatic heterocycles. The minimum Gasteiger partial charge on any atom is -0.507 e. The molecule has 2 heterocycles. The summed E-state index contributed by atoms with van der Waals surface area (Å²) in [5.41, 5.74) is 2.33. The van der Waals surface area contributed by atoms with Gasteiger partial charge in [0.25, 0.3) is 5.91 Å². The fourth-order valence-electron chi connectivity index (χ4n) is 3.85. The van der Waals surface area contributed by atoms with Crippen LogP contribution in [-0.2, 0) is 9.59 Å². The zero-order valence-electron chi connectivity index (χ0n) is 17.6. The summed E-state index contributed by atoms with van der Waals surface area (Å²) in [5, 5.41) is 29.8. The highest BCUT2D eigenvalue weighted by Gasteiger charge is 2.29. The number of fused-ring (bicyclic) bond motifs is 1. The number of carboxylic acid groups (broad SMARTS) is 1. The molecule has 1 saturated heterocycles. The molecule has 1 aromatic heterocycles. The quantitative estimate of drug-likeness (QED) is 0.550. The molecule has 0 saturated carbocycles. The molecule has 9 heteroatoms. The minimum atomic E-state index is -1.55. The summed E-state index contributed by atoms with van der Waals surface area (Å²) in [4.78, 5) is 36.1. The van der Waals surface area contributed by atoms with E-state index in [0.29, 0.717) is 43.4 Å². The van der Waals surface area contributed by atoms with Crippen LogP contribution in [0.25, 0.3) is 22.3 Å². The van der Waals surface area contributed by atoms with Crippen LogP contribution < -0.4 is 4.90 Å². The number of carboxylic acids is 1. The van der Waals surface area contributed by atoms with Crippen molar-refractivity contribution < 1.29 is 29.2 Å². The van der Waals surface area contributed by atoms with Crippen molar-refractivity contribution in [2.45, 2.75) is 19.4 Å². The van der Waals surface area contributed by atoms with Gasteiger partial charge in [0.1, 0.15) is 17.7 Å². The van der Waals surface area contributed by atoms with E-state index in [1.807, 2.05) is 36.1 Å². The predicted molar refractivity (Wildman–Crippen MR) is 125 cm³/mol. The fourth-order valence-corrected chi connectivity index (χ4v) is 3.85. The van der Waals surface area contributed by atoms with Crippen molar-refractivity contribution >= 4 is 28.6 Å². The van der Waals surface area contributed by atoms with E-state index in [1.54, 1.807) is 18.2 Å². The number of aliphatic hydroxyl groups is 1. The second-order valence-electron chi connectivity index (χ2n) is 7.83. The third-order valence-corrected chi connectivity index (χ3v) is 5.52. The molecule has 4 rings (SSSR count). The minimum absolute atomic E-state index is 0. The van der Waals surface area contributed by atoms with Gasteiger partial charge in [-0.3, -0.25) is 9.59 Å². The first-order valence-corrected chi connectivity index (χ1v) is 10.3. The van der Waals surface area contributed by atoms with E-state index < -0.39 is 24.4 Å². The highest BCUT2D eigenvalue weighted by Crippen LogP contribution is 2.32. The van der Waals surface area contributed by atoms with Crippen LogP contribution >= 0.6 is 0 Å². The van der Waals surface area contributed by atoms with E-state index >= 15 is 0 Å². The van der Waals surface area contributed by atoms with Crippen molar-refractivity contribution in [1.29, 1.82) is 0 Å². The standard InChI is InChI=1S/C23H24N4O5.3H2/c1-14-6-7-15-17(12-14)24-21(16-4-2-3-5-18(16)28)25-22(15)26-8-10-27(11-9-26)23(32)19(29)13-20(30)31;;;/h2-7,12,19,28-29H,8-11,13H2,1H3,(H,30,31);3*1H/t19-;;;/m1.../s1. The number of aliphatic carboxylic acids is 1. The Morgan fingerprint density at radius 2 is 1.81 bits per heavy atom. The van der Waals surface area contributed by atoms with Gasteiger partial charge >= 0.3 is 5.97 Å². The summed E-state index contributed by atoms with van der Waals surface area (Å²) in [6.07, 6.45) is -2.16. The summed E-state index contributed by atoms with van der Waals surface area (Å²) < 4.78 is 0. The van der Waals surface area contributed by atoms with Crippen LogP contribution in [0.5, 0.6) is 5.75 Å². The van der Waals surface area contributed by atoms with Gasteiger partial charge in [-0.25, -0.2) is 9.97 Å². The van der Waals surface area contributed by atoms with E-state index in [1.165, 1.54) is 4.90 Å². The van der Waals surface area contributed by atoms with Crippen LogP contribution in [0.2, 0.25) is 0 Å². The Morgan fingerprint density at radius 3 is 2.50 bits per heavy atom. The maximum atomic E-state index is 12.3. The van der Waals surface area contributed by atoms with Crippen molar-refractivity contribution in [3.63, 3.8) is 0 Å². The van der Waals surface area contributed by atoms with Crippen molar-refractivity contribution in [3.8, 4) is 17.1 Å². The molecule has 3 aromatic rings. The van der Waals surface area contributed by atoms with Crippen molar-refractivity contribution in [3.05, 3.63) is 48.0 Å². The normalized spacial score (nSPS) is 15.1. The van der Waals surface area contributed by atoms with Gasteiger partial charge in [-0.05, 0) is 36.8 Å². The number of anilines is 1. The molecule has 0 aliphatic carbocycles. The number of para-hydroxylation sites is 1. The smallest absolute Gasteiger partial charge is 0.306 e. The highest BCUT2D eigenvalue weighted by atomic mass is 16.4. The van der Waals surface area contributed by atoms with Gasteiger partial charge in [0, 0.05) is 35.8 Å². The number of hydrogen-bond acceptors (Lipinski definition) is 7. The molecule has 3 N–H and O–H groups in total. The van der Waals surface area contributed by atoms with Crippen LogP contribution in [0.1, 0.15) is 16.3 Å². The number of phenols is 1. The number of hydrogen-bond donors (Lipinski definition) is 3. The zero-order valence-corrected chi connectivity index (χ0v) is 17.6. The second-order valence-corrected chi connectivity index (χ2v) is 7.83. The fraction of sp³-hybridized carbons (Fsp3) is 0.304. The van der Waals surface area contributed by atoms with Gasteiger partial charge in [-0.1, -0.05) is 18.2 Å². The van der Waals surface area contributed by atoms with Crippen LogP contribution in [0.3, 0.4) is 0 Å². The predicted octanol–water partition coefficient (Wildman–Crippen LogP) is 2.53. The lowest BCUT2D eigenvalue weighted by atomic mass is 10.1. The lowest BCUT2D eigenvalue weighted by Crippen LogP contribution is -2.52. The number of aromatic nitrogens is 2. The number of aromatic hydroxyl groups is 1. The molecule has 172 valence electrons. The monoisotopic (exact) mass is 442 g/mol. The van der Waals surface area contributed by atoms with E-state index in [0.717, 1.165) is 16.5 Å². The second kappa shape index (κ2) is 8.80. The molecule has 9 nitrogen and oxygen atoms in total.